The Bertz CT molecular complexity index is 591. The van der Waals surface area contributed by atoms with Crippen molar-refractivity contribution in [3.63, 3.8) is 0 Å². The second kappa shape index (κ2) is 5.44. The van der Waals surface area contributed by atoms with Gasteiger partial charge in [0.15, 0.2) is 11.5 Å². The molecule has 2 aromatic carbocycles. The summed E-state index contributed by atoms with van der Waals surface area (Å²) in [5, 5.41) is 0. The lowest BCUT2D eigenvalue weighted by Crippen LogP contribution is -2.10. The highest BCUT2D eigenvalue weighted by Gasteiger charge is 2.11. The molecule has 0 radical (unpaired) electrons. The second-order valence-electron chi connectivity index (χ2n) is 3.98. The van der Waals surface area contributed by atoms with Gasteiger partial charge in [-0.2, -0.15) is 0 Å². The number of rotatable bonds is 4. The maximum absolute atomic E-state index is 11.0. The van der Waals surface area contributed by atoms with Crippen molar-refractivity contribution in [2.75, 3.05) is 14.2 Å². The average molecular weight is 257 g/mol. The van der Waals surface area contributed by atoms with Gasteiger partial charge in [0.25, 0.3) is 0 Å². The Morgan fingerprint density at radius 3 is 2.21 bits per heavy atom. The third kappa shape index (κ3) is 2.52. The van der Waals surface area contributed by atoms with Crippen LogP contribution in [0.5, 0.6) is 11.5 Å². The third-order valence-electron chi connectivity index (χ3n) is 2.88. The summed E-state index contributed by atoms with van der Waals surface area (Å²) in [4.78, 5) is 11.0. The zero-order chi connectivity index (χ0) is 13.8. The van der Waals surface area contributed by atoms with Gasteiger partial charge in [-0.15, -0.1) is 0 Å². The van der Waals surface area contributed by atoms with E-state index in [-0.39, 0.29) is 0 Å². The second-order valence-corrected chi connectivity index (χ2v) is 3.98. The minimum absolute atomic E-state index is 0.441. The molecule has 19 heavy (non-hydrogen) atoms. The van der Waals surface area contributed by atoms with Crippen molar-refractivity contribution < 1.29 is 14.3 Å². The number of ether oxygens (including phenoxy) is 2. The molecule has 2 rings (SSSR count). The van der Waals surface area contributed by atoms with Crippen LogP contribution in [0.1, 0.15) is 10.4 Å². The number of hydrogen-bond donors (Lipinski definition) is 1. The molecule has 0 aromatic heterocycles. The lowest BCUT2D eigenvalue weighted by atomic mass is 10.0. The molecule has 0 saturated carbocycles. The smallest absolute Gasteiger partial charge is 0.248 e. The molecule has 0 saturated heterocycles. The van der Waals surface area contributed by atoms with E-state index in [1.165, 1.54) is 0 Å². The molecule has 98 valence electrons. The Balaban J connectivity index is 2.49. The van der Waals surface area contributed by atoms with Crippen LogP contribution >= 0.6 is 0 Å². The van der Waals surface area contributed by atoms with E-state index < -0.39 is 5.91 Å². The van der Waals surface area contributed by atoms with Gasteiger partial charge in [-0.3, -0.25) is 4.79 Å². The van der Waals surface area contributed by atoms with E-state index in [0.29, 0.717) is 17.1 Å². The summed E-state index contributed by atoms with van der Waals surface area (Å²) in [5.41, 5.74) is 7.53. The zero-order valence-corrected chi connectivity index (χ0v) is 10.8. The molecular formula is C15H15NO3. The standard InChI is InChI=1S/C15H15NO3/c1-18-13-5-3-4-12(14(13)19-2)10-6-8-11(9-7-10)15(16)17/h3-9H,1-2H3,(H2,16,17). The van der Waals surface area contributed by atoms with Crippen LogP contribution in [-0.4, -0.2) is 20.1 Å². The number of benzene rings is 2. The molecule has 4 heteroatoms. The third-order valence-corrected chi connectivity index (χ3v) is 2.88. The van der Waals surface area contributed by atoms with Crippen molar-refractivity contribution in [3.05, 3.63) is 48.0 Å². The molecule has 0 bridgehead atoms. The van der Waals surface area contributed by atoms with Crippen LogP contribution in [0.4, 0.5) is 0 Å². The fourth-order valence-corrected chi connectivity index (χ4v) is 1.93. The van der Waals surface area contributed by atoms with Gasteiger partial charge < -0.3 is 15.2 Å². The first-order valence-corrected chi connectivity index (χ1v) is 5.78. The number of hydrogen-bond acceptors (Lipinski definition) is 3. The Morgan fingerprint density at radius 2 is 1.68 bits per heavy atom. The molecule has 0 spiro atoms. The fraction of sp³-hybridized carbons (Fsp3) is 0.133. The molecular weight excluding hydrogens is 242 g/mol. The Labute approximate surface area is 111 Å². The number of carbonyl (C=O) groups is 1. The summed E-state index contributed by atoms with van der Waals surface area (Å²) in [6.45, 7) is 0. The molecule has 0 aliphatic rings. The molecule has 0 aliphatic heterocycles. The van der Waals surface area contributed by atoms with Crippen molar-refractivity contribution >= 4 is 5.91 Å². The predicted octanol–water partition coefficient (Wildman–Crippen LogP) is 2.47. The molecule has 2 N–H and O–H groups in total. The van der Waals surface area contributed by atoms with Crippen molar-refractivity contribution in [2.24, 2.45) is 5.73 Å². The first kappa shape index (κ1) is 13.0. The van der Waals surface area contributed by atoms with Gasteiger partial charge in [-0.1, -0.05) is 24.3 Å². The highest BCUT2D eigenvalue weighted by molar-refractivity contribution is 5.93. The van der Waals surface area contributed by atoms with E-state index in [1.54, 1.807) is 26.4 Å². The molecule has 0 fully saturated rings. The van der Waals surface area contributed by atoms with Crippen molar-refractivity contribution in [1.82, 2.24) is 0 Å². The Morgan fingerprint density at radius 1 is 1.00 bits per heavy atom. The number of amides is 1. The summed E-state index contributed by atoms with van der Waals surface area (Å²) >= 11 is 0. The summed E-state index contributed by atoms with van der Waals surface area (Å²) in [6.07, 6.45) is 0. The lowest BCUT2D eigenvalue weighted by Gasteiger charge is -2.12. The van der Waals surface area contributed by atoms with Gasteiger partial charge in [0.1, 0.15) is 0 Å². The summed E-state index contributed by atoms with van der Waals surface area (Å²) in [5.74, 6) is 0.889. The number of carbonyl (C=O) groups excluding carboxylic acids is 1. The molecule has 0 aliphatic carbocycles. The Hall–Kier alpha value is -2.49. The van der Waals surface area contributed by atoms with Crippen LogP contribution in [0.15, 0.2) is 42.5 Å². The highest BCUT2D eigenvalue weighted by atomic mass is 16.5. The van der Waals surface area contributed by atoms with Crippen LogP contribution < -0.4 is 15.2 Å². The molecule has 0 atom stereocenters. The van der Waals surface area contributed by atoms with Gasteiger partial charge in [-0.05, 0) is 23.8 Å². The minimum atomic E-state index is -0.441. The van der Waals surface area contributed by atoms with Crippen LogP contribution in [0, 0.1) is 0 Å². The predicted molar refractivity (Wildman–Crippen MR) is 73.5 cm³/mol. The van der Waals surface area contributed by atoms with Crippen LogP contribution in [0.3, 0.4) is 0 Å². The highest BCUT2D eigenvalue weighted by Crippen LogP contribution is 2.37. The van der Waals surface area contributed by atoms with Gasteiger partial charge in [0.05, 0.1) is 14.2 Å². The van der Waals surface area contributed by atoms with Crippen LogP contribution in [0.25, 0.3) is 11.1 Å². The summed E-state index contributed by atoms with van der Waals surface area (Å²) in [6, 6.07) is 12.7. The number of nitrogens with two attached hydrogens (primary N) is 1. The van der Waals surface area contributed by atoms with Crippen molar-refractivity contribution in [2.45, 2.75) is 0 Å². The summed E-state index contributed by atoms with van der Waals surface area (Å²) < 4.78 is 10.6. The molecule has 1 amide bonds. The monoisotopic (exact) mass is 257 g/mol. The zero-order valence-electron chi connectivity index (χ0n) is 10.8. The van der Waals surface area contributed by atoms with Gasteiger partial charge >= 0.3 is 0 Å². The van der Waals surface area contributed by atoms with E-state index in [9.17, 15) is 4.79 Å². The van der Waals surface area contributed by atoms with Gasteiger partial charge in [0, 0.05) is 11.1 Å². The van der Waals surface area contributed by atoms with E-state index in [0.717, 1.165) is 11.1 Å². The van der Waals surface area contributed by atoms with E-state index >= 15 is 0 Å². The number of methoxy groups -OCH3 is 2. The van der Waals surface area contributed by atoms with Gasteiger partial charge in [0.2, 0.25) is 5.91 Å². The van der Waals surface area contributed by atoms with E-state index in [4.69, 9.17) is 15.2 Å². The lowest BCUT2D eigenvalue weighted by molar-refractivity contribution is 0.100. The normalized spacial score (nSPS) is 10.0. The maximum Gasteiger partial charge on any atom is 0.248 e. The maximum atomic E-state index is 11.0. The number of primary amides is 1. The topological polar surface area (TPSA) is 61.5 Å². The van der Waals surface area contributed by atoms with Crippen molar-refractivity contribution in [3.8, 4) is 22.6 Å². The molecule has 0 unspecified atom stereocenters. The SMILES string of the molecule is COc1cccc(-c2ccc(C(N)=O)cc2)c1OC. The minimum Gasteiger partial charge on any atom is -0.493 e. The molecule has 2 aromatic rings. The first-order valence-electron chi connectivity index (χ1n) is 5.78. The quantitative estimate of drug-likeness (QED) is 0.915. The van der Waals surface area contributed by atoms with Crippen LogP contribution in [-0.2, 0) is 0 Å². The van der Waals surface area contributed by atoms with Crippen molar-refractivity contribution in [1.29, 1.82) is 0 Å². The largest absolute Gasteiger partial charge is 0.493 e. The first-order chi connectivity index (χ1) is 9.17. The van der Waals surface area contributed by atoms with Crippen LogP contribution in [0.2, 0.25) is 0 Å². The average Bonchev–Trinajstić information content (AvgIpc) is 2.46. The van der Waals surface area contributed by atoms with E-state index in [2.05, 4.69) is 0 Å². The number of para-hydroxylation sites is 1. The molecule has 0 heterocycles. The van der Waals surface area contributed by atoms with Gasteiger partial charge in [-0.25, -0.2) is 0 Å². The molecule has 4 nitrogen and oxygen atoms in total. The Kier molecular flexibility index (Phi) is 3.71. The fourth-order valence-electron chi connectivity index (χ4n) is 1.93. The van der Waals surface area contributed by atoms with E-state index in [1.807, 2.05) is 30.3 Å². The summed E-state index contributed by atoms with van der Waals surface area (Å²) in [7, 11) is 3.19.